The molecule has 36 heavy (non-hydrogen) atoms. The fourth-order valence-corrected chi connectivity index (χ4v) is 4.65. The molecular weight excluding hydrogens is 452 g/mol. The van der Waals surface area contributed by atoms with Crippen molar-refractivity contribution < 1.29 is 9.53 Å². The third-order valence-electron chi connectivity index (χ3n) is 6.54. The molecule has 0 saturated carbocycles. The molecule has 0 aliphatic heterocycles. The highest BCUT2D eigenvalue weighted by Gasteiger charge is 2.19. The predicted octanol–water partition coefficient (Wildman–Crippen LogP) is 4.97. The van der Waals surface area contributed by atoms with E-state index in [1.54, 1.807) is 22.6 Å². The van der Waals surface area contributed by atoms with Crippen LogP contribution in [0.15, 0.2) is 71.8 Å². The van der Waals surface area contributed by atoms with E-state index in [9.17, 15) is 9.59 Å². The highest BCUT2D eigenvalue weighted by molar-refractivity contribution is 6.07. The topological polar surface area (TPSA) is 78.2 Å². The molecule has 3 aromatic carbocycles. The molecule has 0 unspecified atom stereocenters. The lowest BCUT2D eigenvalue weighted by atomic mass is 10.1. The van der Waals surface area contributed by atoms with E-state index < -0.39 is 0 Å². The van der Waals surface area contributed by atoms with Crippen molar-refractivity contribution in [2.24, 2.45) is 0 Å². The molecule has 7 heteroatoms. The van der Waals surface area contributed by atoms with Gasteiger partial charge in [-0.2, -0.15) is 0 Å². The number of para-hydroxylation sites is 1. The Morgan fingerprint density at radius 3 is 2.42 bits per heavy atom. The third kappa shape index (κ3) is 4.24. The van der Waals surface area contributed by atoms with Gasteiger partial charge in [0.1, 0.15) is 23.3 Å². The van der Waals surface area contributed by atoms with E-state index in [0.717, 1.165) is 44.6 Å². The van der Waals surface area contributed by atoms with Crippen molar-refractivity contribution in [3.05, 3.63) is 99.6 Å². The summed E-state index contributed by atoms with van der Waals surface area (Å²) in [4.78, 5) is 31.6. The number of aryl methyl sites for hydroxylation is 3. The summed E-state index contributed by atoms with van der Waals surface area (Å²) in [6.45, 7) is 6.30. The molecule has 0 atom stereocenters. The van der Waals surface area contributed by atoms with Gasteiger partial charge in [-0.05, 0) is 61.7 Å². The maximum atomic E-state index is 13.7. The molecule has 1 N–H and O–H groups in total. The number of amides is 1. The molecule has 182 valence electrons. The Bertz CT molecular complexity index is 1640. The second-order valence-corrected chi connectivity index (χ2v) is 9.14. The molecule has 0 spiro atoms. The van der Waals surface area contributed by atoms with Crippen molar-refractivity contribution in [2.75, 3.05) is 12.4 Å². The normalized spacial score (nSPS) is 11.2. The molecule has 2 aromatic heterocycles. The van der Waals surface area contributed by atoms with Gasteiger partial charge in [-0.25, -0.2) is 4.98 Å². The standard InChI is InChI=1S/C29H28N4O3/c1-18-8-13-24-23(14-18)27-28(33(24)16-25(34)31-26-19(2)6-5-7-20(26)3)29(35)32(17-30-27)15-21-9-11-22(36-4)12-10-21/h5-14,17H,15-16H2,1-4H3,(H,31,34). The lowest BCUT2D eigenvalue weighted by Gasteiger charge is -2.13. The summed E-state index contributed by atoms with van der Waals surface area (Å²) < 4.78 is 8.60. The van der Waals surface area contributed by atoms with Crippen molar-refractivity contribution >= 4 is 33.5 Å². The average Bonchev–Trinajstić information content (AvgIpc) is 3.16. The maximum Gasteiger partial charge on any atom is 0.278 e. The second-order valence-electron chi connectivity index (χ2n) is 9.14. The van der Waals surface area contributed by atoms with Crippen molar-refractivity contribution in [3.63, 3.8) is 0 Å². The van der Waals surface area contributed by atoms with Crippen molar-refractivity contribution in [1.82, 2.24) is 14.1 Å². The molecule has 7 nitrogen and oxygen atoms in total. The first-order valence-corrected chi connectivity index (χ1v) is 11.8. The summed E-state index contributed by atoms with van der Waals surface area (Å²) in [6, 6.07) is 19.4. The Morgan fingerprint density at radius 2 is 1.72 bits per heavy atom. The minimum absolute atomic E-state index is 0.000302. The van der Waals surface area contributed by atoms with E-state index in [1.165, 1.54) is 0 Å². The van der Waals surface area contributed by atoms with Gasteiger partial charge in [0, 0.05) is 11.1 Å². The van der Waals surface area contributed by atoms with Crippen LogP contribution in [0.5, 0.6) is 5.75 Å². The summed E-state index contributed by atoms with van der Waals surface area (Å²) in [5.74, 6) is 0.557. The summed E-state index contributed by atoms with van der Waals surface area (Å²) in [7, 11) is 1.62. The van der Waals surface area contributed by atoms with Gasteiger partial charge in [0.15, 0.2) is 0 Å². The van der Waals surface area contributed by atoms with Crippen LogP contribution in [0.25, 0.3) is 21.9 Å². The molecule has 0 saturated heterocycles. The monoisotopic (exact) mass is 480 g/mol. The maximum absolute atomic E-state index is 13.7. The number of benzene rings is 3. The molecule has 5 rings (SSSR count). The molecule has 0 radical (unpaired) electrons. The summed E-state index contributed by atoms with van der Waals surface area (Å²) in [6.07, 6.45) is 1.58. The number of anilines is 1. The number of aromatic nitrogens is 3. The van der Waals surface area contributed by atoms with Gasteiger partial charge in [-0.1, -0.05) is 42.0 Å². The second kappa shape index (κ2) is 9.34. The first kappa shape index (κ1) is 23.4. The average molecular weight is 481 g/mol. The van der Waals surface area contributed by atoms with Gasteiger partial charge in [0.2, 0.25) is 5.91 Å². The number of nitrogens with zero attached hydrogens (tertiary/aromatic N) is 3. The molecule has 0 fully saturated rings. The fourth-order valence-electron chi connectivity index (χ4n) is 4.65. The van der Waals surface area contributed by atoms with E-state index in [4.69, 9.17) is 4.74 Å². The van der Waals surface area contributed by atoms with Gasteiger partial charge < -0.3 is 14.6 Å². The zero-order valence-electron chi connectivity index (χ0n) is 20.8. The lowest BCUT2D eigenvalue weighted by Crippen LogP contribution is -2.25. The van der Waals surface area contributed by atoms with Crippen LogP contribution >= 0.6 is 0 Å². The van der Waals surface area contributed by atoms with Crippen LogP contribution in [-0.2, 0) is 17.9 Å². The smallest absolute Gasteiger partial charge is 0.278 e. The minimum Gasteiger partial charge on any atom is -0.497 e. The Balaban J connectivity index is 1.59. The fraction of sp³-hybridized carbons (Fsp3) is 0.207. The van der Waals surface area contributed by atoms with Gasteiger partial charge in [-0.3, -0.25) is 14.2 Å². The van der Waals surface area contributed by atoms with Crippen LogP contribution < -0.4 is 15.6 Å². The van der Waals surface area contributed by atoms with E-state index in [0.29, 0.717) is 17.6 Å². The zero-order valence-corrected chi connectivity index (χ0v) is 20.8. The van der Waals surface area contributed by atoms with Crippen LogP contribution in [-0.4, -0.2) is 27.1 Å². The quantitative estimate of drug-likeness (QED) is 0.372. The number of hydrogen-bond acceptors (Lipinski definition) is 4. The number of methoxy groups -OCH3 is 1. The van der Waals surface area contributed by atoms with Crippen molar-refractivity contribution in [3.8, 4) is 5.75 Å². The number of rotatable bonds is 6. The number of nitrogens with one attached hydrogen (secondary N) is 1. The van der Waals surface area contributed by atoms with Gasteiger partial charge in [0.25, 0.3) is 5.56 Å². The van der Waals surface area contributed by atoms with Crippen LogP contribution in [0.3, 0.4) is 0 Å². The number of hydrogen-bond donors (Lipinski definition) is 1. The van der Waals surface area contributed by atoms with Crippen LogP contribution in [0.4, 0.5) is 5.69 Å². The van der Waals surface area contributed by atoms with Crippen LogP contribution in [0.2, 0.25) is 0 Å². The highest BCUT2D eigenvalue weighted by atomic mass is 16.5. The predicted molar refractivity (Wildman–Crippen MR) is 143 cm³/mol. The summed E-state index contributed by atoms with van der Waals surface area (Å²) in [5.41, 5.74) is 6.43. The summed E-state index contributed by atoms with van der Waals surface area (Å²) >= 11 is 0. The third-order valence-corrected chi connectivity index (χ3v) is 6.54. The number of ether oxygens (including phenoxy) is 1. The Labute approximate surface area is 209 Å². The largest absolute Gasteiger partial charge is 0.497 e. The Kier molecular flexibility index (Phi) is 6.06. The SMILES string of the molecule is COc1ccc(Cn2cnc3c4cc(C)ccc4n(CC(=O)Nc4c(C)cccc4C)c3c2=O)cc1. The zero-order chi connectivity index (χ0) is 25.4. The number of carbonyl (C=O) groups is 1. The molecule has 1 amide bonds. The van der Waals surface area contributed by atoms with E-state index >= 15 is 0 Å². The molecule has 0 aliphatic rings. The van der Waals surface area contributed by atoms with Crippen LogP contribution in [0.1, 0.15) is 22.3 Å². The molecular formula is C29H28N4O3. The minimum atomic E-state index is -0.197. The summed E-state index contributed by atoms with van der Waals surface area (Å²) in [5, 5.41) is 3.90. The van der Waals surface area contributed by atoms with Gasteiger partial charge >= 0.3 is 0 Å². The van der Waals surface area contributed by atoms with Crippen LogP contribution in [0, 0.1) is 20.8 Å². The Hall–Kier alpha value is -4.39. The van der Waals surface area contributed by atoms with Crippen molar-refractivity contribution in [1.29, 1.82) is 0 Å². The molecule has 0 aliphatic carbocycles. The van der Waals surface area contributed by atoms with Gasteiger partial charge in [-0.15, -0.1) is 0 Å². The van der Waals surface area contributed by atoms with E-state index in [-0.39, 0.29) is 18.0 Å². The first-order chi connectivity index (χ1) is 17.4. The molecule has 0 bridgehead atoms. The van der Waals surface area contributed by atoms with E-state index in [1.807, 2.05) is 81.4 Å². The van der Waals surface area contributed by atoms with Gasteiger partial charge in [0.05, 0.1) is 25.5 Å². The molecule has 5 aromatic rings. The first-order valence-electron chi connectivity index (χ1n) is 11.8. The number of fused-ring (bicyclic) bond motifs is 3. The lowest BCUT2D eigenvalue weighted by molar-refractivity contribution is -0.116. The molecule has 2 heterocycles. The van der Waals surface area contributed by atoms with Crippen molar-refractivity contribution in [2.45, 2.75) is 33.9 Å². The van der Waals surface area contributed by atoms with E-state index in [2.05, 4.69) is 10.3 Å². The number of carbonyl (C=O) groups excluding carboxylic acids is 1. The Morgan fingerprint density at radius 1 is 1.00 bits per heavy atom. The highest BCUT2D eigenvalue weighted by Crippen LogP contribution is 2.27.